The molecule has 2 aromatic heterocycles. The maximum absolute atomic E-state index is 13.3. The molecule has 1 fully saturated rings. The van der Waals surface area contributed by atoms with E-state index in [9.17, 15) is 19.8 Å². The molecule has 2 N–H and O–H groups in total. The average Bonchev–Trinajstić information content (AvgIpc) is 3.61. The zero-order valence-corrected chi connectivity index (χ0v) is 17.9. The topological polar surface area (TPSA) is 107 Å². The smallest absolute Gasteiger partial charge is 0.290 e. The number of Topliss-reactive ketones (excluding diaryl/α,β-unsaturated/α-hetero) is 1. The highest BCUT2D eigenvalue weighted by atomic mass is 16.3. The summed E-state index contributed by atoms with van der Waals surface area (Å²) in [5, 5.41) is 20.9. The summed E-state index contributed by atoms with van der Waals surface area (Å²) < 4.78 is 11.0. The van der Waals surface area contributed by atoms with E-state index in [1.54, 1.807) is 30.5 Å². The van der Waals surface area contributed by atoms with Gasteiger partial charge in [-0.25, -0.2) is 0 Å². The second-order valence-corrected chi connectivity index (χ2v) is 8.30. The quantitative estimate of drug-likeness (QED) is 0.526. The SMILES string of the molecule is O=C(C1=C(O)C(=O)N(CC(c2ccco2)N2CCCC2)C1c1cccc(O)c1)c1ccco1. The maximum Gasteiger partial charge on any atom is 0.290 e. The fourth-order valence-electron chi connectivity index (χ4n) is 4.76. The zero-order chi connectivity index (χ0) is 22.9. The minimum Gasteiger partial charge on any atom is -0.508 e. The van der Waals surface area contributed by atoms with Crippen LogP contribution in [-0.4, -0.2) is 51.3 Å². The van der Waals surface area contributed by atoms with Crippen molar-refractivity contribution in [3.05, 3.63) is 89.5 Å². The first-order chi connectivity index (χ1) is 16.0. The number of aromatic hydroxyl groups is 1. The first kappa shape index (κ1) is 21.1. The van der Waals surface area contributed by atoms with Crippen molar-refractivity contribution in [3.8, 4) is 5.75 Å². The second kappa shape index (κ2) is 8.63. The summed E-state index contributed by atoms with van der Waals surface area (Å²) in [6.07, 6.45) is 5.06. The number of rotatable bonds is 7. The minimum atomic E-state index is -0.887. The summed E-state index contributed by atoms with van der Waals surface area (Å²) in [5.74, 6) is -1.09. The van der Waals surface area contributed by atoms with Gasteiger partial charge < -0.3 is 23.9 Å². The van der Waals surface area contributed by atoms with Crippen molar-refractivity contribution < 1.29 is 28.6 Å². The lowest BCUT2D eigenvalue weighted by molar-refractivity contribution is -0.130. The highest BCUT2D eigenvalue weighted by Gasteiger charge is 2.46. The van der Waals surface area contributed by atoms with Crippen LogP contribution in [0.5, 0.6) is 5.75 Å². The monoisotopic (exact) mass is 448 g/mol. The molecule has 0 saturated carbocycles. The number of nitrogens with zero attached hydrogens (tertiary/aromatic N) is 2. The molecule has 0 spiro atoms. The standard InChI is InChI=1S/C25H24N2O6/c28-17-7-3-6-16(14-17)22-21(23(29)20-9-5-13-33-20)24(30)25(31)27(22)15-18(19-8-4-12-32-19)26-10-1-2-11-26/h3-9,12-14,18,22,28,30H,1-2,10-11,15H2. The van der Waals surface area contributed by atoms with Gasteiger partial charge in [0.2, 0.25) is 5.78 Å². The molecular formula is C25H24N2O6. The molecule has 3 aromatic rings. The Morgan fingerprint density at radius 3 is 2.45 bits per heavy atom. The number of benzene rings is 1. The van der Waals surface area contributed by atoms with Gasteiger partial charge in [0.25, 0.3) is 5.91 Å². The number of ketones is 1. The average molecular weight is 448 g/mol. The summed E-state index contributed by atoms with van der Waals surface area (Å²) in [5.41, 5.74) is 0.446. The molecule has 1 saturated heterocycles. The number of phenolic OH excluding ortho intramolecular Hbond substituents is 1. The summed E-state index contributed by atoms with van der Waals surface area (Å²) in [6, 6.07) is 12.0. The van der Waals surface area contributed by atoms with Gasteiger partial charge in [0.15, 0.2) is 11.5 Å². The third kappa shape index (κ3) is 3.82. The van der Waals surface area contributed by atoms with E-state index in [-0.39, 0.29) is 29.7 Å². The van der Waals surface area contributed by atoms with Crippen molar-refractivity contribution in [2.24, 2.45) is 0 Å². The van der Waals surface area contributed by atoms with Gasteiger partial charge in [0, 0.05) is 6.54 Å². The van der Waals surface area contributed by atoms with E-state index in [2.05, 4.69) is 4.90 Å². The lowest BCUT2D eigenvalue weighted by atomic mass is 9.94. The Kier molecular flexibility index (Phi) is 5.51. The van der Waals surface area contributed by atoms with Gasteiger partial charge in [-0.2, -0.15) is 0 Å². The molecule has 1 aromatic carbocycles. The molecule has 4 heterocycles. The number of carbonyl (C=O) groups excluding carboxylic acids is 2. The Morgan fingerprint density at radius 1 is 1.03 bits per heavy atom. The Labute approximate surface area is 190 Å². The lowest BCUT2D eigenvalue weighted by Gasteiger charge is -2.33. The van der Waals surface area contributed by atoms with Gasteiger partial charge in [-0.3, -0.25) is 14.5 Å². The third-order valence-corrected chi connectivity index (χ3v) is 6.30. The van der Waals surface area contributed by atoms with Gasteiger partial charge in [0.1, 0.15) is 11.5 Å². The van der Waals surface area contributed by atoms with E-state index in [0.29, 0.717) is 11.3 Å². The molecule has 0 bridgehead atoms. The van der Waals surface area contributed by atoms with Crippen molar-refractivity contribution >= 4 is 11.7 Å². The second-order valence-electron chi connectivity index (χ2n) is 8.30. The predicted molar refractivity (Wildman–Crippen MR) is 118 cm³/mol. The summed E-state index contributed by atoms with van der Waals surface area (Å²) in [7, 11) is 0. The molecule has 0 aliphatic carbocycles. The zero-order valence-electron chi connectivity index (χ0n) is 17.9. The molecule has 170 valence electrons. The fourth-order valence-corrected chi connectivity index (χ4v) is 4.76. The molecule has 1 amide bonds. The van der Waals surface area contributed by atoms with Crippen LogP contribution in [0.15, 0.2) is 81.2 Å². The predicted octanol–water partition coefficient (Wildman–Crippen LogP) is 3.99. The van der Waals surface area contributed by atoms with E-state index < -0.39 is 23.5 Å². The van der Waals surface area contributed by atoms with Gasteiger partial charge in [0.05, 0.1) is 30.2 Å². The molecule has 2 aliphatic rings. The fraction of sp³-hybridized carbons (Fsp3) is 0.280. The van der Waals surface area contributed by atoms with Crippen LogP contribution < -0.4 is 0 Å². The van der Waals surface area contributed by atoms with Crippen molar-refractivity contribution in [2.75, 3.05) is 19.6 Å². The number of carbonyl (C=O) groups is 2. The van der Waals surface area contributed by atoms with Gasteiger partial charge in [-0.1, -0.05) is 12.1 Å². The number of aliphatic hydroxyl groups is 1. The van der Waals surface area contributed by atoms with Crippen LogP contribution in [0.1, 0.15) is 46.8 Å². The molecule has 8 nitrogen and oxygen atoms in total. The molecule has 2 aliphatic heterocycles. The van der Waals surface area contributed by atoms with Crippen LogP contribution in [-0.2, 0) is 4.79 Å². The van der Waals surface area contributed by atoms with Gasteiger partial charge >= 0.3 is 0 Å². The minimum absolute atomic E-state index is 0.00165. The van der Waals surface area contributed by atoms with Gasteiger partial charge in [-0.15, -0.1) is 0 Å². The van der Waals surface area contributed by atoms with E-state index in [1.807, 2.05) is 6.07 Å². The van der Waals surface area contributed by atoms with Crippen molar-refractivity contribution in [1.29, 1.82) is 0 Å². The molecule has 2 unspecified atom stereocenters. The highest BCUT2D eigenvalue weighted by molar-refractivity contribution is 6.15. The van der Waals surface area contributed by atoms with Crippen LogP contribution >= 0.6 is 0 Å². The first-order valence-corrected chi connectivity index (χ1v) is 10.9. The Bertz CT molecular complexity index is 1180. The number of hydrogen-bond donors (Lipinski definition) is 2. The molecule has 2 atom stereocenters. The van der Waals surface area contributed by atoms with Crippen molar-refractivity contribution in [2.45, 2.75) is 24.9 Å². The molecule has 0 radical (unpaired) electrons. The van der Waals surface area contributed by atoms with E-state index in [0.717, 1.165) is 25.9 Å². The van der Waals surface area contributed by atoms with E-state index >= 15 is 0 Å². The number of hydrogen-bond acceptors (Lipinski definition) is 7. The number of aliphatic hydroxyl groups excluding tert-OH is 1. The number of phenols is 1. The van der Waals surface area contributed by atoms with E-state index in [1.165, 1.54) is 29.4 Å². The van der Waals surface area contributed by atoms with Crippen LogP contribution in [0.4, 0.5) is 0 Å². The number of amides is 1. The van der Waals surface area contributed by atoms with Crippen LogP contribution in [0.3, 0.4) is 0 Å². The molecule has 8 heteroatoms. The molecule has 33 heavy (non-hydrogen) atoms. The van der Waals surface area contributed by atoms with Crippen molar-refractivity contribution in [1.82, 2.24) is 9.80 Å². The first-order valence-electron chi connectivity index (χ1n) is 10.9. The number of likely N-dealkylation sites (tertiary alicyclic amines) is 1. The Morgan fingerprint density at radius 2 is 1.79 bits per heavy atom. The highest BCUT2D eigenvalue weighted by Crippen LogP contribution is 2.41. The van der Waals surface area contributed by atoms with Crippen LogP contribution in [0, 0.1) is 0 Å². The number of furan rings is 2. The van der Waals surface area contributed by atoms with Crippen LogP contribution in [0.25, 0.3) is 0 Å². The van der Waals surface area contributed by atoms with E-state index in [4.69, 9.17) is 8.83 Å². The van der Waals surface area contributed by atoms with Crippen molar-refractivity contribution in [3.63, 3.8) is 0 Å². The summed E-state index contributed by atoms with van der Waals surface area (Å²) in [6.45, 7) is 1.93. The normalized spacial score (nSPS) is 20.1. The summed E-state index contributed by atoms with van der Waals surface area (Å²) in [4.78, 5) is 30.3. The summed E-state index contributed by atoms with van der Waals surface area (Å²) >= 11 is 0. The Balaban J connectivity index is 1.57. The maximum atomic E-state index is 13.3. The lowest BCUT2D eigenvalue weighted by Crippen LogP contribution is -2.40. The molecule has 5 rings (SSSR count). The third-order valence-electron chi connectivity index (χ3n) is 6.30. The largest absolute Gasteiger partial charge is 0.508 e. The Hall–Kier alpha value is -3.78. The van der Waals surface area contributed by atoms with Crippen LogP contribution in [0.2, 0.25) is 0 Å². The van der Waals surface area contributed by atoms with Gasteiger partial charge in [-0.05, 0) is 67.9 Å². The molecular weight excluding hydrogens is 424 g/mol.